The lowest BCUT2D eigenvalue weighted by Crippen LogP contribution is -2.03. The fourth-order valence-corrected chi connectivity index (χ4v) is 2.20. The second-order valence-electron chi connectivity index (χ2n) is 3.78. The Hall–Kier alpha value is -0.900. The van der Waals surface area contributed by atoms with Gasteiger partial charge in [-0.15, -0.1) is 0 Å². The molecule has 0 fully saturated rings. The van der Waals surface area contributed by atoms with Crippen molar-refractivity contribution < 1.29 is 5.11 Å². The molecule has 1 unspecified atom stereocenters. The van der Waals surface area contributed by atoms with Crippen LogP contribution in [-0.4, -0.2) is 10.1 Å². The van der Waals surface area contributed by atoms with Crippen LogP contribution in [0.5, 0.6) is 0 Å². The highest BCUT2D eigenvalue weighted by Crippen LogP contribution is 2.28. The molecular weight excluding hydrogens is 302 g/mol. The largest absolute Gasteiger partial charge is 0.382 e. The summed E-state index contributed by atoms with van der Waals surface area (Å²) >= 11 is 9.41. The predicted octanol–water partition coefficient (Wildman–Crippen LogP) is 3.89. The second kappa shape index (κ2) is 5.17. The first-order valence-corrected chi connectivity index (χ1v) is 6.31. The van der Waals surface area contributed by atoms with Gasteiger partial charge in [0.1, 0.15) is 6.10 Å². The molecule has 2 nitrogen and oxygen atoms in total. The summed E-state index contributed by atoms with van der Waals surface area (Å²) in [5.74, 6) is 0. The van der Waals surface area contributed by atoms with E-state index in [2.05, 4.69) is 20.9 Å². The Kier molecular flexibility index (Phi) is 3.82. The van der Waals surface area contributed by atoms with Crippen LogP contribution in [0.2, 0.25) is 5.02 Å². The molecule has 0 radical (unpaired) electrons. The van der Waals surface area contributed by atoms with Crippen molar-refractivity contribution in [1.29, 1.82) is 0 Å². The number of hydrogen-bond acceptors (Lipinski definition) is 2. The zero-order chi connectivity index (χ0) is 12.4. The average molecular weight is 313 g/mol. The molecular formula is C13H11BrClNO. The minimum Gasteiger partial charge on any atom is -0.382 e. The van der Waals surface area contributed by atoms with Gasteiger partial charge in [0.2, 0.25) is 0 Å². The third-order valence-corrected chi connectivity index (χ3v) is 3.64. The number of aromatic nitrogens is 1. The summed E-state index contributed by atoms with van der Waals surface area (Å²) in [5, 5.41) is 10.9. The lowest BCUT2D eigenvalue weighted by Gasteiger charge is -2.13. The molecule has 0 aliphatic heterocycles. The molecule has 2 rings (SSSR count). The molecule has 1 aromatic carbocycles. The van der Waals surface area contributed by atoms with Crippen molar-refractivity contribution in [2.45, 2.75) is 13.0 Å². The molecule has 0 saturated heterocycles. The highest BCUT2D eigenvalue weighted by molar-refractivity contribution is 9.10. The van der Waals surface area contributed by atoms with E-state index in [1.54, 1.807) is 12.3 Å². The predicted molar refractivity (Wildman–Crippen MR) is 72.2 cm³/mol. The molecule has 0 aliphatic carbocycles. The molecule has 1 atom stereocenters. The summed E-state index contributed by atoms with van der Waals surface area (Å²) in [7, 11) is 0. The number of aliphatic hydroxyl groups excluding tert-OH is 1. The molecule has 0 saturated carbocycles. The zero-order valence-electron chi connectivity index (χ0n) is 9.19. The van der Waals surface area contributed by atoms with Crippen LogP contribution in [0.3, 0.4) is 0 Å². The molecule has 1 aromatic heterocycles. The highest BCUT2D eigenvalue weighted by atomic mass is 79.9. The first-order valence-electron chi connectivity index (χ1n) is 5.14. The Morgan fingerprint density at radius 3 is 2.76 bits per heavy atom. The number of benzene rings is 1. The van der Waals surface area contributed by atoms with E-state index in [1.807, 2.05) is 31.2 Å². The van der Waals surface area contributed by atoms with Crippen molar-refractivity contribution >= 4 is 27.5 Å². The highest BCUT2D eigenvalue weighted by Gasteiger charge is 2.15. The van der Waals surface area contributed by atoms with Gasteiger partial charge in [-0.05, 0) is 52.2 Å². The van der Waals surface area contributed by atoms with Gasteiger partial charge in [0.15, 0.2) is 0 Å². The number of aliphatic hydroxyl groups is 1. The number of nitrogens with zero attached hydrogens (tertiary/aromatic N) is 1. The minimum atomic E-state index is -0.774. The van der Waals surface area contributed by atoms with Crippen LogP contribution < -0.4 is 0 Å². The van der Waals surface area contributed by atoms with E-state index < -0.39 is 6.10 Å². The molecule has 2 aromatic rings. The molecule has 88 valence electrons. The summed E-state index contributed by atoms with van der Waals surface area (Å²) in [6.45, 7) is 1.93. The number of halogens is 2. The lowest BCUT2D eigenvalue weighted by molar-refractivity contribution is 0.214. The number of rotatable bonds is 2. The molecule has 0 amide bonds. The zero-order valence-corrected chi connectivity index (χ0v) is 11.5. The van der Waals surface area contributed by atoms with Crippen LogP contribution in [0.1, 0.15) is 22.9 Å². The molecule has 0 bridgehead atoms. The van der Waals surface area contributed by atoms with E-state index >= 15 is 0 Å². The first-order chi connectivity index (χ1) is 8.09. The Morgan fingerprint density at radius 2 is 2.12 bits per heavy atom. The smallest absolute Gasteiger partial charge is 0.122 e. The van der Waals surface area contributed by atoms with Crippen LogP contribution >= 0.6 is 27.5 Å². The van der Waals surface area contributed by atoms with Crippen LogP contribution in [0.15, 0.2) is 41.0 Å². The quantitative estimate of drug-likeness (QED) is 0.912. The van der Waals surface area contributed by atoms with Crippen LogP contribution in [0.25, 0.3) is 0 Å². The van der Waals surface area contributed by atoms with Crippen molar-refractivity contribution in [2.24, 2.45) is 0 Å². The third kappa shape index (κ3) is 2.68. The molecule has 1 heterocycles. The maximum atomic E-state index is 10.2. The van der Waals surface area contributed by atoms with Gasteiger partial charge in [-0.25, -0.2) is 0 Å². The van der Waals surface area contributed by atoms with E-state index in [-0.39, 0.29) is 0 Å². The van der Waals surface area contributed by atoms with E-state index in [4.69, 9.17) is 11.6 Å². The van der Waals surface area contributed by atoms with Gasteiger partial charge in [0.25, 0.3) is 0 Å². The van der Waals surface area contributed by atoms with Gasteiger partial charge >= 0.3 is 0 Å². The van der Waals surface area contributed by atoms with Gasteiger partial charge < -0.3 is 5.11 Å². The fourth-order valence-electron chi connectivity index (χ4n) is 1.54. The maximum absolute atomic E-state index is 10.2. The summed E-state index contributed by atoms with van der Waals surface area (Å²) < 4.78 is 0.782. The number of aryl methyl sites for hydroxylation is 1. The Labute approximate surface area is 113 Å². The monoisotopic (exact) mass is 311 g/mol. The third-order valence-electron chi connectivity index (χ3n) is 2.56. The normalized spacial score (nSPS) is 12.5. The molecule has 17 heavy (non-hydrogen) atoms. The average Bonchev–Trinajstić information content (AvgIpc) is 2.32. The summed E-state index contributed by atoms with van der Waals surface area (Å²) in [5.41, 5.74) is 2.31. The first kappa shape index (κ1) is 12.6. The van der Waals surface area contributed by atoms with Crippen molar-refractivity contribution in [3.63, 3.8) is 0 Å². The molecule has 1 N–H and O–H groups in total. The Bertz CT molecular complexity index is 545. The van der Waals surface area contributed by atoms with Crippen LogP contribution in [0, 0.1) is 6.92 Å². The molecule has 0 aliphatic rings. The molecule has 4 heteroatoms. The SMILES string of the molecule is Cc1ccc(C(O)c2ncccc2Br)cc1Cl. The summed E-state index contributed by atoms with van der Waals surface area (Å²) in [4.78, 5) is 4.17. The standard InChI is InChI=1S/C13H11BrClNO/c1-8-4-5-9(7-11(8)15)13(17)12-10(14)3-2-6-16-12/h2-7,13,17H,1H3. The maximum Gasteiger partial charge on any atom is 0.122 e. The van der Waals surface area contributed by atoms with E-state index in [9.17, 15) is 5.11 Å². The number of pyridine rings is 1. The van der Waals surface area contributed by atoms with E-state index in [0.717, 1.165) is 15.6 Å². The summed E-state index contributed by atoms with van der Waals surface area (Å²) in [6, 6.07) is 9.16. The Morgan fingerprint density at radius 1 is 1.35 bits per heavy atom. The van der Waals surface area contributed by atoms with Crippen molar-refractivity contribution in [1.82, 2.24) is 4.98 Å². The Balaban J connectivity index is 2.40. The van der Waals surface area contributed by atoms with Crippen molar-refractivity contribution in [2.75, 3.05) is 0 Å². The van der Waals surface area contributed by atoms with Crippen LogP contribution in [0.4, 0.5) is 0 Å². The topological polar surface area (TPSA) is 33.1 Å². The summed E-state index contributed by atoms with van der Waals surface area (Å²) in [6.07, 6.45) is 0.878. The van der Waals surface area contributed by atoms with Gasteiger partial charge in [-0.2, -0.15) is 0 Å². The van der Waals surface area contributed by atoms with Gasteiger partial charge in [0.05, 0.1) is 5.69 Å². The van der Waals surface area contributed by atoms with Gasteiger partial charge in [0, 0.05) is 15.7 Å². The van der Waals surface area contributed by atoms with E-state index in [1.165, 1.54) is 0 Å². The van der Waals surface area contributed by atoms with Crippen molar-refractivity contribution in [3.8, 4) is 0 Å². The van der Waals surface area contributed by atoms with E-state index in [0.29, 0.717) is 10.7 Å². The van der Waals surface area contributed by atoms with Gasteiger partial charge in [-0.1, -0.05) is 23.7 Å². The number of hydrogen-bond donors (Lipinski definition) is 1. The van der Waals surface area contributed by atoms with Gasteiger partial charge in [-0.3, -0.25) is 4.98 Å². The fraction of sp³-hybridized carbons (Fsp3) is 0.154. The minimum absolute atomic E-state index is 0.590. The lowest BCUT2D eigenvalue weighted by atomic mass is 10.0. The van der Waals surface area contributed by atoms with Crippen LogP contribution in [-0.2, 0) is 0 Å². The molecule has 0 spiro atoms. The second-order valence-corrected chi connectivity index (χ2v) is 5.04. The van der Waals surface area contributed by atoms with Crippen molar-refractivity contribution in [3.05, 3.63) is 62.8 Å².